The van der Waals surface area contributed by atoms with E-state index in [2.05, 4.69) is 29.8 Å². The fourth-order valence-corrected chi connectivity index (χ4v) is 4.53. The molecule has 0 fully saturated rings. The van der Waals surface area contributed by atoms with Gasteiger partial charge in [0, 0.05) is 11.2 Å². The third-order valence-corrected chi connectivity index (χ3v) is 6.63. The van der Waals surface area contributed by atoms with E-state index < -0.39 is 0 Å². The second-order valence-electron chi connectivity index (χ2n) is 9.75. The maximum atomic E-state index is 12.2. The smallest absolute Gasteiger partial charge is 0.365 e. The van der Waals surface area contributed by atoms with Gasteiger partial charge in [-0.3, -0.25) is 0 Å². The lowest BCUT2D eigenvalue weighted by atomic mass is 10.0. The molecule has 0 aliphatic carbocycles. The average Bonchev–Trinajstić information content (AvgIpc) is 3.23. The van der Waals surface area contributed by atoms with Gasteiger partial charge in [0.25, 0.3) is 0 Å². The van der Waals surface area contributed by atoms with Gasteiger partial charge in [-0.1, -0.05) is 121 Å². The average molecular weight is 458 g/mol. The number of carbonyl (C=O) groups is 1. The number of benzene rings is 1. The number of H-pyrrole nitrogens is 1. The Morgan fingerprint density at radius 1 is 0.818 bits per heavy atom. The van der Waals surface area contributed by atoms with Gasteiger partial charge in [0.05, 0.1) is 13.0 Å². The van der Waals surface area contributed by atoms with Crippen molar-refractivity contribution in [3.63, 3.8) is 0 Å². The summed E-state index contributed by atoms with van der Waals surface area (Å²) in [7, 11) is 0. The molecule has 0 amide bonds. The highest BCUT2D eigenvalue weighted by Crippen LogP contribution is 2.16. The number of hydrogen-bond donors (Lipinski definition) is 2. The monoisotopic (exact) mass is 457 g/mol. The number of carbonyl (C=O) groups excluding carboxylic acids is 1. The van der Waals surface area contributed by atoms with Crippen molar-refractivity contribution in [3.8, 4) is 0 Å². The zero-order chi connectivity index (χ0) is 23.6. The van der Waals surface area contributed by atoms with Crippen LogP contribution in [0, 0.1) is 0 Å². The van der Waals surface area contributed by atoms with Gasteiger partial charge >= 0.3 is 5.97 Å². The first-order valence-corrected chi connectivity index (χ1v) is 13.8. The number of hydrogen-bond acceptors (Lipinski definition) is 2. The summed E-state index contributed by atoms with van der Waals surface area (Å²) >= 11 is 0. The van der Waals surface area contributed by atoms with E-state index in [4.69, 9.17) is 4.74 Å². The lowest BCUT2D eigenvalue weighted by Gasteiger charge is -2.08. The highest BCUT2D eigenvalue weighted by Gasteiger charge is 2.20. The van der Waals surface area contributed by atoms with E-state index in [-0.39, 0.29) is 12.0 Å². The molecule has 0 saturated heterocycles. The fourth-order valence-electron chi connectivity index (χ4n) is 4.53. The fraction of sp³-hybridized carbons (Fsp3) is 0.690. The molecule has 1 aromatic heterocycles. The first-order chi connectivity index (χ1) is 16.2. The van der Waals surface area contributed by atoms with E-state index in [0.29, 0.717) is 13.0 Å². The van der Waals surface area contributed by atoms with E-state index >= 15 is 0 Å². The molecule has 2 aromatic rings. The van der Waals surface area contributed by atoms with Crippen LogP contribution in [0.25, 0.3) is 10.9 Å². The number of unbranched alkanes of at least 4 members (excludes halogenated alkanes) is 15. The van der Waals surface area contributed by atoms with E-state index in [1.54, 1.807) is 0 Å². The Bertz CT molecular complexity index is 722. The van der Waals surface area contributed by atoms with Crippen LogP contribution in [0.4, 0.5) is 0 Å². The third-order valence-electron chi connectivity index (χ3n) is 6.63. The molecule has 4 nitrogen and oxygen atoms in total. The zero-order valence-electron chi connectivity index (χ0n) is 21.2. The van der Waals surface area contributed by atoms with Crippen molar-refractivity contribution in [2.45, 2.75) is 122 Å². The number of rotatable bonds is 20. The van der Waals surface area contributed by atoms with E-state index in [1.807, 2.05) is 18.2 Å². The Hall–Kier alpha value is -1.81. The standard InChI is InChI=1S/C29H48N2O2/c1-2-3-4-5-6-7-8-9-10-11-12-13-14-15-16-19-22-33-29(32)27(30)24-26-23-25-20-17-18-21-28(25)31-26/h17-18,20-21,23,27,31H,2-16,19,22,24,30H2,1H3/p+1. The summed E-state index contributed by atoms with van der Waals surface area (Å²) in [5, 5.41) is 1.17. The van der Waals surface area contributed by atoms with Crippen LogP contribution >= 0.6 is 0 Å². The molecule has 4 N–H and O–H groups in total. The van der Waals surface area contributed by atoms with Crippen molar-refractivity contribution in [2.24, 2.45) is 0 Å². The molecule has 0 bridgehead atoms. The summed E-state index contributed by atoms with van der Waals surface area (Å²) in [5.41, 5.74) is 6.14. The Labute approximate surface area is 202 Å². The number of ether oxygens (including phenoxy) is 1. The molecule has 1 heterocycles. The molecule has 186 valence electrons. The Morgan fingerprint density at radius 3 is 1.88 bits per heavy atom. The minimum atomic E-state index is -0.362. The molecular weight excluding hydrogens is 408 g/mol. The summed E-state index contributed by atoms with van der Waals surface area (Å²) in [6.07, 6.45) is 22.1. The quantitative estimate of drug-likeness (QED) is 0.164. The predicted molar refractivity (Wildman–Crippen MR) is 139 cm³/mol. The first kappa shape index (κ1) is 27.4. The summed E-state index contributed by atoms with van der Waals surface area (Å²) < 4.78 is 5.45. The number of para-hydroxylation sites is 1. The van der Waals surface area contributed by atoms with Crippen LogP contribution in [-0.4, -0.2) is 23.6 Å². The Morgan fingerprint density at radius 2 is 1.33 bits per heavy atom. The molecule has 1 aromatic carbocycles. The largest absolute Gasteiger partial charge is 0.461 e. The molecule has 0 saturated carbocycles. The lowest BCUT2D eigenvalue weighted by molar-refractivity contribution is -0.408. The van der Waals surface area contributed by atoms with Gasteiger partial charge in [-0.15, -0.1) is 0 Å². The van der Waals surface area contributed by atoms with Crippen LogP contribution in [0.2, 0.25) is 0 Å². The van der Waals surface area contributed by atoms with Gasteiger partial charge in [0.15, 0.2) is 6.04 Å². The number of fused-ring (bicyclic) bond motifs is 1. The predicted octanol–water partition coefficient (Wildman–Crippen LogP) is 7.13. The summed E-state index contributed by atoms with van der Waals surface area (Å²) in [6, 6.07) is 9.88. The second-order valence-corrected chi connectivity index (χ2v) is 9.75. The van der Waals surface area contributed by atoms with Crippen molar-refractivity contribution in [2.75, 3.05) is 6.61 Å². The number of aromatic amines is 1. The molecule has 0 spiro atoms. The molecule has 33 heavy (non-hydrogen) atoms. The van der Waals surface area contributed by atoms with Crippen molar-refractivity contribution in [1.82, 2.24) is 4.98 Å². The molecule has 4 heteroatoms. The van der Waals surface area contributed by atoms with Gasteiger partial charge in [0.2, 0.25) is 0 Å². The molecule has 0 aliphatic heterocycles. The van der Waals surface area contributed by atoms with E-state index in [1.165, 1.54) is 95.3 Å². The minimum Gasteiger partial charge on any atom is -0.461 e. The minimum absolute atomic E-state index is 0.186. The van der Waals surface area contributed by atoms with Crippen molar-refractivity contribution in [3.05, 3.63) is 36.0 Å². The van der Waals surface area contributed by atoms with Crippen molar-refractivity contribution in [1.29, 1.82) is 0 Å². The van der Waals surface area contributed by atoms with Gasteiger partial charge < -0.3 is 15.5 Å². The first-order valence-electron chi connectivity index (χ1n) is 13.8. The summed E-state index contributed by atoms with van der Waals surface area (Å²) in [5.74, 6) is -0.186. The van der Waals surface area contributed by atoms with Crippen LogP contribution in [0.3, 0.4) is 0 Å². The van der Waals surface area contributed by atoms with Crippen molar-refractivity contribution >= 4 is 16.9 Å². The zero-order valence-corrected chi connectivity index (χ0v) is 21.2. The highest BCUT2D eigenvalue weighted by molar-refractivity contribution is 5.80. The molecule has 1 atom stereocenters. The Balaban J connectivity index is 1.36. The molecule has 0 aliphatic rings. The normalized spacial score (nSPS) is 12.3. The van der Waals surface area contributed by atoms with Crippen LogP contribution in [0.5, 0.6) is 0 Å². The molecule has 0 radical (unpaired) electrons. The van der Waals surface area contributed by atoms with Crippen LogP contribution in [0.1, 0.15) is 115 Å². The second kappa shape index (κ2) is 17.6. The van der Waals surface area contributed by atoms with E-state index in [9.17, 15) is 4.79 Å². The van der Waals surface area contributed by atoms with E-state index in [0.717, 1.165) is 24.1 Å². The van der Waals surface area contributed by atoms with Crippen LogP contribution < -0.4 is 5.73 Å². The van der Waals surface area contributed by atoms with Crippen molar-refractivity contribution < 1.29 is 15.3 Å². The SMILES string of the molecule is CCCCCCCCCCCCCCCCCCOC(=O)C([NH3+])Cc1cc2ccccc2[nH]1. The van der Waals surface area contributed by atoms with Gasteiger partial charge in [0.1, 0.15) is 0 Å². The molecular formula is C29H49N2O2+. The van der Waals surface area contributed by atoms with Gasteiger partial charge in [-0.25, -0.2) is 4.79 Å². The van der Waals surface area contributed by atoms with Crippen LogP contribution in [-0.2, 0) is 16.0 Å². The summed E-state index contributed by atoms with van der Waals surface area (Å²) in [6.45, 7) is 2.81. The highest BCUT2D eigenvalue weighted by atomic mass is 16.5. The van der Waals surface area contributed by atoms with Crippen LogP contribution in [0.15, 0.2) is 30.3 Å². The maximum absolute atomic E-state index is 12.2. The summed E-state index contributed by atoms with van der Waals surface area (Å²) in [4.78, 5) is 15.6. The third kappa shape index (κ3) is 12.3. The topological polar surface area (TPSA) is 69.7 Å². The Kier molecular flexibility index (Phi) is 14.7. The van der Waals surface area contributed by atoms with Gasteiger partial charge in [-0.2, -0.15) is 0 Å². The molecule has 1 unspecified atom stereocenters. The number of nitrogens with one attached hydrogen (secondary N) is 1. The number of esters is 1. The van der Waals surface area contributed by atoms with Gasteiger partial charge in [-0.05, 0) is 23.9 Å². The number of quaternary nitrogens is 1. The molecule has 2 rings (SSSR count). The maximum Gasteiger partial charge on any atom is 0.365 e. The number of aromatic nitrogens is 1. The lowest BCUT2D eigenvalue weighted by Crippen LogP contribution is -2.66.